The summed E-state index contributed by atoms with van der Waals surface area (Å²) >= 11 is 11.8. The van der Waals surface area contributed by atoms with Crippen LogP contribution in [0.15, 0.2) is 12.3 Å². The number of hydrogen-bond donors (Lipinski definition) is 0. The van der Waals surface area contributed by atoms with Gasteiger partial charge in [-0.1, -0.05) is 0 Å². The minimum atomic E-state index is -3.37. The van der Waals surface area contributed by atoms with Crippen LogP contribution in [0.2, 0.25) is 0 Å². The first-order valence-corrected chi connectivity index (χ1v) is 7.93. The van der Waals surface area contributed by atoms with Gasteiger partial charge in [0.05, 0.1) is 5.75 Å². The lowest BCUT2D eigenvalue weighted by molar-refractivity contribution is 0.587. The van der Waals surface area contributed by atoms with E-state index in [4.69, 9.17) is 23.2 Å². The van der Waals surface area contributed by atoms with E-state index in [0.717, 1.165) is 0 Å². The molecule has 1 aliphatic carbocycles. The summed E-state index contributed by atoms with van der Waals surface area (Å²) in [6, 6.07) is 1.65. The highest BCUT2D eigenvalue weighted by molar-refractivity contribution is 7.92. The van der Waals surface area contributed by atoms with Crippen molar-refractivity contribution in [2.75, 3.05) is 17.1 Å². The van der Waals surface area contributed by atoms with Crippen LogP contribution in [0.3, 0.4) is 0 Å². The first-order valence-electron chi connectivity index (χ1n) is 5.56. The molecule has 0 amide bonds. The molecule has 1 fully saturated rings. The molecule has 2 rings (SSSR count). The topological polar surface area (TPSA) is 55.2 Å². The van der Waals surface area contributed by atoms with Crippen LogP contribution in [0.5, 0.6) is 0 Å². The number of sulfonamides is 1. The molecule has 0 aromatic carbocycles. The molecular weight excluding hydrogens is 297 g/mol. The molecule has 8 heteroatoms. The number of anilines is 1. The summed E-state index contributed by atoms with van der Waals surface area (Å²) in [5.41, 5.74) is 0. The van der Waals surface area contributed by atoms with Crippen molar-refractivity contribution in [3.63, 3.8) is 0 Å². The molecule has 0 aliphatic heterocycles. The van der Waals surface area contributed by atoms with E-state index in [9.17, 15) is 8.42 Å². The Morgan fingerprint density at radius 1 is 1.61 bits per heavy atom. The monoisotopic (exact) mass is 311 g/mol. The zero-order valence-electron chi connectivity index (χ0n) is 10.2. The summed E-state index contributed by atoms with van der Waals surface area (Å²) in [7, 11) is -0.126. The van der Waals surface area contributed by atoms with Gasteiger partial charge >= 0.3 is 0 Å². The van der Waals surface area contributed by atoms with Gasteiger partial charge in [0.25, 0.3) is 0 Å². The Hall–Kier alpha value is -0.460. The largest absolute Gasteiger partial charge is 0.274 e. The molecule has 18 heavy (non-hydrogen) atoms. The number of rotatable bonds is 5. The van der Waals surface area contributed by atoms with Gasteiger partial charge in [-0.2, -0.15) is 5.10 Å². The third kappa shape index (κ3) is 2.92. The molecule has 1 atom stereocenters. The van der Waals surface area contributed by atoms with Gasteiger partial charge in [-0.15, -0.1) is 23.2 Å². The van der Waals surface area contributed by atoms with Gasteiger partial charge in [0.2, 0.25) is 10.0 Å². The van der Waals surface area contributed by atoms with Gasteiger partial charge in [-0.3, -0.25) is 8.99 Å². The van der Waals surface area contributed by atoms with Crippen molar-refractivity contribution in [2.24, 2.45) is 13.0 Å². The first kappa shape index (κ1) is 14.0. The number of aromatic nitrogens is 2. The maximum absolute atomic E-state index is 12.1. The standard InChI is InChI=1S/C10H15Cl2N3O2S/c1-14-5-3-9(13-14)15(2)18(16,17)6-4-8-7-10(8,11)12/h3,5,8H,4,6-7H2,1-2H3. The van der Waals surface area contributed by atoms with E-state index >= 15 is 0 Å². The van der Waals surface area contributed by atoms with Gasteiger partial charge in [0, 0.05) is 26.4 Å². The number of aryl methyl sites for hydroxylation is 1. The van der Waals surface area contributed by atoms with E-state index in [2.05, 4.69) is 5.10 Å². The van der Waals surface area contributed by atoms with E-state index in [-0.39, 0.29) is 11.7 Å². The van der Waals surface area contributed by atoms with Gasteiger partial charge in [0.1, 0.15) is 4.33 Å². The van der Waals surface area contributed by atoms with Crippen LogP contribution in [-0.4, -0.2) is 35.3 Å². The van der Waals surface area contributed by atoms with Crippen molar-refractivity contribution >= 4 is 39.0 Å². The normalized spacial score (nSPS) is 21.9. The molecular formula is C10H15Cl2N3O2S. The molecule has 0 saturated heterocycles. The van der Waals surface area contributed by atoms with Crippen molar-refractivity contribution in [3.05, 3.63) is 12.3 Å². The molecule has 0 spiro atoms. The lowest BCUT2D eigenvalue weighted by atomic mass is 10.3. The molecule has 5 nitrogen and oxygen atoms in total. The average Bonchev–Trinajstić information content (AvgIpc) is 2.68. The summed E-state index contributed by atoms with van der Waals surface area (Å²) in [6.45, 7) is 0. The Balaban J connectivity index is 1.98. The molecule has 1 aromatic heterocycles. The van der Waals surface area contributed by atoms with Gasteiger partial charge in [-0.25, -0.2) is 8.42 Å². The molecule has 1 unspecified atom stereocenters. The predicted molar refractivity (Wildman–Crippen MR) is 72.6 cm³/mol. The lowest BCUT2D eigenvalue weighted by Gasteiger charge is -2.16. The molecule has 0 radical (unpaired) electrons. The second-order valence-electron chi connectivity index (χ2n) is 4.58. The summed E-state index contributed by atoms with van der Waals surface area (Å²) in [6.07, 6.45) is 2.84. The molecule has 0 bridgehead atoms. The second kappa shape index (κ2) is 4.58. The highest BCUT2D eigenvalue weighted by atomic mass is 35.5. The summed E-state index contributed by atoms with van der Waals surface area (Å²) in [4.78, 5) is 0. The van der Waals surface area contributed by atoms with Crippen LogP contribution < -0.4 is 4.31 Å². The number of alkyl halides is 2. The molecule has 1 heterocycles. The highest BCUT2D eigenvalue weighted by Gasteiger charge is 2.51. The molecule has 1 aromatic rings. The minimum Gasteiger partial charge on any atom is -0.274 e. The van der Waals surface area contributed by atoms with Crippen molar-refractivity contribution in [2.45, 2.75) is 17.2 Å². The lowest BCUT2D eigenvalue weighted by Crippen LogP contribution is -2.29. The van der Waals surface area contributed by atoms with Crippen LogP contribution >= 0.6 is 23.2 Å². The van der Waals surface area contributed by atoms with Crippen LogP contribution in [0.25, 0.3) is 0 Å². The summed E-state index contributed by atoms with van der Waals surface area (Å²) in [5.74, 6) is 0.524. The van der Waals surface area contributed by atoms with Crippen molar-refractivity contribution < 1.29 is 8.42 Å². The van der Waals surface area contributed by atoms with Crippen LogP contribution in [-0.2, 0) is 17.1 Å². The zero-order valence-corrected chi connectivity index (χ0v) is 12.5. The van der Waals surface area contributed by atoms with Gasteiger partial charge in [-0.05, 0) is 18.8 Å². The quantitative estimate of drug-likeness (QED) is 0.779. The molecule has 0 N–H and O–H groups in total. The maximum atomic E-state index is 12.1. The Morgan fingerprint density at radius 3 is 2.67 bits per heavy atom. The summed E-state index contributed by atoms with van der Waals surface area (Å²) < 4.78 is 26.2. The molecule has 1 saturated carbocycles. The number of halogens is 2. The van der Waals surface area contributed by atoms with E-state index < -0.39 is 14.4 Å². The van der Waals surface area contributed by atoms with Gasteiger partial charge < -0.3 is 0 Å². The summed E-state index contributed by atoms with van der Waals surface area (Å²) in [5, 5.41) is 4.06. The van der Waals surface area contributed by atoms with Crippen molar-refractivity contribution in [1.82, 2.24) is 9.78 Å². The van der Waals surface area contributed by atoms with E-state index in [1.165, 1.54) is 11.4 Å². The fourth-order valence-corrected chi connectivity index (χ4v) is 3.55. The van der Waals surface area contributed by atoms with Crippen molar-refractivity contribution in [1.29, 1.82) is 0 Å². The van der Waals surface area contributed by atoms with Crippen LogP contribution in [0.4, 0.5) is 5.82 Å². The highest BCUT2D eigenvalue weighted by Crippen LogP contribution is 2.55. The first-order chi connectivity index (χ1) is 8.22. The van der Waals surface area contributed by atoms with E-state index in [1.54, 1.807) is 24.0 Å². The third-order valence-electron chi connectivity index (χ3n) is 3.12. The molecule has 102 valence electrons. The number of nitrogens with zero attached hydrogens (tertiary/aromatic N) is 3. The van der Waals surface area contributed by atoms with Crippen molar-refractivity contribution in [3.8, 4) is 0 Å². The maximum Gasteiger partial charge on any atom is 0.236 e. The zero-order chi connectivity index (χ0) is 13.6. The Morgan fingerprint density at radius 2 is 2.22 bits per heavy atom. The van der Waals surface area contributed by atoms with Crippen LogP contribution in [0.1, 0.15) is 12.8 Å². The smallest absolute Gasteiger partial charge is 0.236 e. The number of hydrogen-bond acceptors (Lipinski definition) is 3. The SMILES string of the molecule is CN(c1ccn(C)n1)S(=O)(=O)CCC1CC1(Cl)Cl. The Bertz CT molecular complexity index is 541. The minimum absolute atomic E-state index is 0.0337. The molecule has 1 aliphatic rings. The Kier molecular flexibility index (Phi) is 3.55. The van der Waals surface area contributed by atoms with E-state index in [0.29, 0.717) is 18.7 Å². The predicted octanol–water partition coefficient (Wildman–Crippen LogP) is 1.77. The van der Waals surface area contributed by atoms with Gasteiger partial charge in [0.15, 0.2) is 5.82 Å². The average molecular weight is 312 g/mol. The van der Waals surface area contributed by atoms with E-state index in [1.807, 2.05) is 0 Å². The third-order valence-corrected chi connectivity index (χ3v) is 5.82. The Labute approximate surface area is 117 Å². The second-order valence-corrected chi connectivity index (χ2v) is 8.24. The fourth-order valence-electron chi connectivity index (χ4n) is 1.72. The fraction of sp³-hybridized carbons (Fsp3) is 0.700. The van der Waals surface area contributed by atoms with Crippen LogP contribution in [0, 0.1) is 5.92 Å².